The van der Waals surface area contributed by atoms with Gasteiger partial charge in [-0.1, -0.05) is 176 Å². The Morgan fingerprint density at radius 1 is 0.253 bits per heavy atom. The monoisotopic (exact) mass is 961 g/mol. The van der Waals surface area contributed by atoms with E-state index in [9.17, 15) is 0 Å². The first-order valence-electron chi connectivity index (χ1n) is 24.8. The fourth-order valence-corrected chi connectivity index (χ4v) is 10.6. The highest BCUT2D eigenvalue weighted by Gasteiger charge is 2.22. The quantitative estimate of drug-likeness (QED) is 0.148. The molecule has 0 aliphatic carbocycles. The van der Waals surface area contributed by atoms with Crippen molar-refractivity contribution in [2.45, 2.75) is 0 Å². The average Bonchev–Trinajstić information content (AvgIpc) is 4.18. The van der Waals surface area contributed by atoms with Crippen LogP contribution < -0.4 is 0 Å². The third-order valence-corrected chi connectivity index (χ3v) is 14.1. The molecule has 5 heterocycles. The summed E-state index contributed by atoms with van der Waals surface area (Å²) in [4.78, 5) is 30.3. The second kappa shape index (κ2) is 17.1. The maximum absolute atomic E-state index is 6.65. The third kappa shape index (κ3) is 7.16. The standard InChI is InChI=1S/C66H39N7O2/c1-5-17-40(18-6-1)61-67-62(41-19-7-2-8-20-41)69-65(68-61)46-33-36-56-52(39-46)60-49(27-16-30-58(60)75-56)48-26-15-29-57-59(48)51-38-45(32-35-55(51)74-57)44-31-34-54-50(37-44)47-25-13-14-28-53(47)73(54)66-71-63(42-21-9-3-10-22-42)70-64(72-66)43-23-11-4-12-24-43/h1-39H. The Kier molecular flexibility index (Phi) is 9.67. The van der Waals surface area contributed by atoms with Gasteiger partial charge in [0, 0.05) is 60.1 Å². The highest BCUT2D eigenvalue weighted by molar-refractivity contribution is 6.20. The van der Waals surface area contributed by atoms with Crippen LogP contribution in [0.3, 0.4) is 0 Å². The molecule has 5 aromatic heterocycles. The van der Waals surface area contributed by atoms with Crippen molar-refractivity contribution in [1.29, 1.82) is 0 Å². The zero-order chi connectivity index (χ0) is 49.4. The van der Waals surface area contributed by atoms with E-state index in [4.69, 9.17) is 38.7 Å². The summed E-state index contributed by atoms with van der Waals surface area (Å²) in [6, 6.07) is 80.6. The Morgan fingerprint density at radius 2 is 0.640 bits per heavy atom. The average molecular weight is 962 g/mol. The van der Waals surface area contributed by atoms with Crippen molar-refractivity contribution in [2.75, 3.05) is 0 Å². The maximum Gasteiger partial charge on any atom is 0.238 e. The molecule has 0 spiro atoms. The van der Waals surface area contributed by atoms with Crippen LogP contribution in [-0.2, 0) is 0 Å². The van der Waals surface area contributed by atoms with Crippen molar-refractivity contribution in [3.63, 3.8) is 0 Å². The Hall–Kier alpha value is -10.4. The molecule has 15 aromatic rings. The first-order valence-corrected chi connectivity index (χ1v) is 24.8. The summed E-state index contributed by atoms with van der Waals surface area (Å²) in [5.74, 6) is 3.57. The highest BCUT2D eigenvalue weighted by atomic mass is 16.3. The van der Waals surface area contributed by atoms with Crippen LogP contribution in [0.2, 0.25) is 0 Å². The molecule has 0 saturated heterocycles. The zero-order valence-electron chi connectivity index (χ0n) is 40.0. The molecule has 0 amide bonds. The van der Waals surface area contributed by atoms with E-state index in [2.05, 4.69) is 95.6 Å². The van der Waals surface area contributed by atoms with Gasteiger partial charge in [-0.25, -0.2) is 19.9 Å². The molecule has 0 aliphatic heterocycles. The molecule has 75 heavy (non-hydrogen) atoms. The van der Waals surface area contributed by atoms with Crippen LogP contribution in [0.25, 0.3) is 151 Å². The lowest BCUT2D eigenvalue weighted by molar-refractivity contribution is 0.668. The number of furan rings is 2. The molecule has 9 heteroatoms. The first kappa shape index (κ1) is 42.3. The molecular weight excluding hydrogens is 923 g/mol. The summed E-state index contributed by atoms with van der Waals surface area (Å²) in [6.07, 6.45) is 0. The van der Waals surface area contributed by atoms with Crippen molar-refractivity contribution in [1.82, 2.24) is 34.5 Å². The van der Waals surface area contributed by atoms with Gasteiger partial charge in [0.15, 0.2) is 29.1 Å². The maximum atomic E-state index is 6.65. The van der Waals surface area contributed by atoms with Gasteiger partial charge < -0.3 is 8.83 Å². The minimum absolute atomic E-state index is 0.553. The van der Waals surface area contributed by atoms with Crippen LogP contribution in [0.15, 0.2) is 245 Å². The summed E-state index contributed by atoms with van der Waals surface area (Å²) in [5.41, 5.74) is 13.9. The molecule has 10 aromatic carbocycles. The van der Waals surface area contributed by atoms with Gasteiger partial charge in [0.2, 0.25) is 5.95 Å². The van der Waals surface area contributed by atoms with E-state index in [1.165, 1.54) is 0 Å². The molecule has 9 nitrogen and oxygen atoms in total. The van der Waals surface area contributed by atoms with Crippen LogP contribution in [0, 0.1) is 0 Å². The number of hydrogen-bond acceptors (Lipinski definition) is 8. The Bertz CT molecular complexity index is 4590. The number of benzene rings is 10. The molecule has 0 fully saturated rings. The van der Waals surface area contributed by atoms with E-state index in [0.717, 1.165) is 116 Å². The fourth-order valence-electron chi connectivity index (χ4n) is 10.6. The van der Waals surface area contributed by atoms with Gasteiger partial charge in [-0.2, -0.15) is 9.97 Å². The van der Waals surface area contributed by atoms with Gasteiger partial charge in [0.25, 0.3) is 0 Å². The van der Waals surface area contributed by atoms with Crippen LogP contribution in [0.4, 0.5) is 0 Å². The second-order valence-corrected chi connectivity index (χ2v) is 18.6. The molecule has 15 rings (SSSR count). The Morgan fingerprint density at radius 3 is 1.15 bits per heavy atom. The van der Waals surface area contributed by atoms with Gasteiger partial charge in [0.05, 0.1) is 11.0 Å². The van der Waals surface area contributed by atoms with Crippen LogP contribution in [0.5, 0.6) is 0 Å². The summed E-state index contributed by atoms with van der Waals surface area (Å²) in [5, 5.41) is 6.20. The lowest BCUT2D eigenvalue weighted by Gasteiger charge is -2.11. The van der Waals surface area contributed by atoms with Crippen molar-refractivity contribution >= 4 is 65.7 Å². The van der Waals surface area contributed by atoms with E-state index in [-0.39, 0.29) is 0 Å². The number of para-hydroxylation sites is 1. The smallest absolute Gasteiger partial charge is 0.238 e. The molecule has 0 atom stereocenters. The second-order valence-electron chi connectivity index (χ2n) is 18.6. The van der Waals surface area contributed by atoms with Crippen molar-refractivity contribution < 1.29 is 8.83 Å². The van der Waals surface area contributed by atoms with Gasteiger partial charge in [-0.15, -0.1) is 0 Å². The SMILES string of the molecule is c1ccc(-c2nc(-c3ccccc3)nc(-c3ccc4oc5cccc(-c6cccc7oc8ccc(-c9ccc%10c(c9)c9ccccc9n%10-c9nc(-c%10ccccc%10)nc(-c%10ccccc%10)n9)cc8c67)c5c4c3)n2)cc1. The summed E-state index contributed by atoms with van der Waals surface area (Å²) in [7, 11) is 0. The minimum Gasteiger partial charge on any atom is -0.456 e. The largest absolute Gasteiger partial charge is 0.456 e. The minimum atomic E-state index is 0.553. The van der Waals surface area contributed by atoms with E-state index >= 15 is 0 Å². The fraction of sp³-hybridized carbons (Fsp3) is 0. The lowest BCUT2D eigenvalue weighted by atomic mass is 9.94. The summed E-state index contributed by atoms with van der Waals surface area (Å²) < 4.78 is 15.4. The number of aromatic nitrogens is 7. The van der Waals surface area contributed by atoms with E-state index in [0.29, 0.717) is 35.1 Å². The molecular formula is C66H39N7O2. The van der Waals surface area contributed by atoms with Gasteiger partial charge in [-0.3, -0.25) is 4.57 Å². The van der Waals surface area contributed by atoms with Crippen molar-refractivity contribution in [3.05, 3.63) is 237 Å². The molecule has 0 bridgehead atoms. The lowest BCUT2D eigenvalue weighted by Crippen LogP contribution is -2.06. The number of hydrogen-bond donors (Lipinski definition) is 0. The molecule has 0 saturated carbocycles. The van der Waals surface area contributed by atoms with Gasteiger partial charge in [-0.05, 0) is 82.9 Å². The van der Waals surface area contributed by atoms with E-state index in [1.54, 1.807) is 0 Å². The zero-order valence-corrected chi connectivity index (χ0v) is 40.0. The molecule has 0 unspecified atom stereocenters. The van der Waals surface area contributed by atoms with Crippen molar-refractivity contribution in [3.8, 4) is 85.1 Å². The third-order valence-electron chi connectivity index (χ3n) is 14.1. The molecule has 0 aliphatic rings. The predicted molar refractivity (Wildman–Crippen MR) is 300 cm³/mol. The van der Waals surface area contributed by atoms with Gasteiger partial charge >= 0.3 is 0 Å². The Balaban J connectivity index is 0.866. The van der Waals surface area contributed by atoms with Crippen LogP contribution in [-0.4, -0.2) is 34.5 Å². The predicted octanol–water partition coefficient (Wildman–Crippen LogP) is 16.6. The molecule has 350 valence electrons. The number of nitrogens with zero attached hydrogens (tertiary/aromatic N) is 7. The van der Waals surface area contributed by atoms with E-state index < -0.39 is 0 Å². The highest BCUT2D eigenvalue weighted by Crippen LogP contribution is 2.44. The number of rotatable bonds is 8. The van der Waals surface area contributed by atoms with Crippen molar-refractivity contribution in [2.24, 2.45) is 0 Å². The first-order chi connectivity index (χ1) is 37.1. The normalized spacial score (nSPS) is 11.7. The Labute approximate surface area is 428 Å². The summed E-state index contributed by atoms with van der Waals surface area (Å²) >= 11 is 0. The van der Waals surface area contributed by atoms with Crippen LogP contribution >= 0.6 is 0 Å². The van der Waals surface area contributed by atoms with Gasteiger partial charge in [0.1, 0.15) is 22.3 Å². The molecule has 0 radical (unpaired) electrons. The van der Waals surface area contributed by atoms with Crippen LogP contribution in [0.1, 0.15) is 0 Å². The molecule has 0 N–H and O–H groups in total. The van der Waals surface area contributed by atoms with E-state index in [1.807, 2.05) is 146 Å². The summed E-state index contributed by atoms with van der Waals surface area (Å²) in [6.45, 7) is 0. The number of fused-ring (bicyclic) bond motifs is 9. The topological polar surface area (TPSA) is 109 Å².